The van der Waals surface area contributed by atoms with Gasteiger partial charge in [-0.15, -0.1) is 11.3 Å². The quantitative estimate of drug-likeness (QED) is 0.308. The normalized spacial score (nSPS) is 21.7. The topological polar surface area (TPSA) is 66.8 Å². The molecule has 0 radical (unpaired) electrons. The zero-order valence-corrected chi connectivity index (χ0v) is 19.0. The van der Waals surface area contributed by atoms with Crippen molar-refractivity contribution >= 4 is 46.1 Å². The van der Waals surface area contributed by atoms with Gasteiger partial charge in [0.1, 0.15) is 23.7 Å². The highest BCUT2D eigenvalue weighted by Crippen LogP contribution is 2.45. The number of amides is 1. The van der Waals surface area contributed by atoms with E-state index in [9.17, 15) is 14.7 Å². The Labute approximate surface area is 194 Å². The number of aliphatic hydroxyl groups excluding tert-OH is 1. The predicted molar refractivity (Wildman–Crippen MR) is 126 cm³/mol. The van der Waals surface area contributed by atoms with Crippen LogP contribution >= 0.6 is 22.9 Å². The molecule has 0 spiro atoms. The number of carbonyl (C=O) groups is 2. The van der Waals surface area contributed by atoms with E-state index in [1.807, 2.05) is 31.4 Å². The van der Waals surface area contributed by atoms with E-state index in [0.29, 0.717) is 16.3 Å². The van der Waals surface area contributed by atoms with Crippen molar-refractivity contribution < 1.29 is 19.4 Å². The Hall–Kier alpha value is -3.09. The molecule has 5 nitrogen and oxygen atoms in total. The fourth-order valence-corrected chi connectivity index (χ4v) is 5.49. The van der Waals surface area contributed by atoms with Gasteiger partial charge in [-0.2, -0.15) is 0 Å². The van der Waals surface area contributed by atoms with Crippen molar-refractivity contribution in [3.05, 3.63) is 86.1 Å². The van der Waals surface area contributed by atoms with E-state index in [-0.39, 0.29) is 17.4 Å². The molecule has 0 bridgehead atoms. The van der Waals surface area contributed by atoms with Gasteiger partial charge in [0.15, 0.2) is 0 Å². The number of Topliss-reactive ketones (excluding diaryl/α,β-unsaturated/α-hetero) is 1. The van der Waals surface area contributed by atoms with Crippen LogP contribution in [0.5, 0.6) is 5.75 Å². The lowest BCUT2D eigenvalue weighted by Crippen LogP contribution is -2.29. The molecule has 2 atom stereocenters. The molecule has 2 aromatic carbocycles. The number of rotatable bonds is 3. The molecule has 2 unspecified atom stereocenters. The Morgan fingerprint density at radius 3 is 2.59 bits per heavy atom. The van der Waals surface area contributed by atoms with Gasteiger partial charge in [-0.3, -0.25) is 14.5 Å². The van der Waals surface area contributed by atoms with Gasteiger partial charge in [0.2, 0.25) is 0 Å². The van der Waals surface area contributed by atoms with Crippen LogP contribution in [0.15, 0.2) is 59.5 Å². The molecule has 5 rings (SSSR count). The van der Waals surface area contributed by atoms with Crippen LogP contribution in [0.1, 0.15) is 34.5 Å². The number of thiophene rings is 1. The van der Waals surface area contributed by atoms with Gasteiger partial charge in [0, 0.05) is 27.6 Å². The van der Waals surface area contributed by atoms with E-state index in [1.54, 1.807) is 36.4 Å². The third-order valence-electron chi connectivity index (χ3n) is 5.87. The fraction of sp³-hybridized carbons (Fsp3) is 0.200. The zero-order valence-electron chi connectivity index (χ0n) is 17.5. The Kier molecular flexibility index (Phi) is 5.07. The first-order chi connectivity index (χ1) is 15.3. The third kappa shape index (κ3) is 3.31. The summed E-state index contributed by atoms with van der Waals surface area (Å²) in [5.74, 6) is -0.786. The highest BCUT2D eigenvalue weighted by atomic mass is 35.5. The maximum absolute atomic E-state index is 13.2. The average molecular weight is 466 g/mol. The van der Waals surface area contributed by atoms with Gasteiger partial charge >= 0.3 is 0 Å². The Bertz CT molecular complexity index is 1280. The monoisotopic (exact) mass is 465 g/mol. The highest BCUT2D eigenvalue weighted by Gasteiger charge is 2.48. The maximum atomic E-state index is 13.2. The Balaban J connectivity index is 1.69. The summed E-state index contributed by atoms with van der Waals surface area (Å²) in [7, 11) is 0. The van der Waals surface area contributed by atoms with Gasteiger partial charge in [-0.05, 0) is 78.9 Å². The molecule has 1 aromatic heterocycles. The van der Waals surface area contributed by atoms with E-state index < -0.39 is 17.7 Å². The average Bonchev–Trinajstić information content (AvgIpc) is 3.43. The number of aliphatic hydroxyl groups is 1. The molecule has 32 heavy (non-hydrogen) atoms. The second-order valence-electron chi connectivity index (χ2n) is 8.07. The van der Waals surface area contributed by atoms with Gasteiger partial charge in [0.05, 0.1) is 5.57 Å². The molecule has 2 aliphatic heterocycles. The highest BCUT2D eigenvalue weighted by molar-refractivity contribution is 7.10. The van der Waals surface area contributed by atoms with Crippen LogP contribution in [0, 0.1) is 6.92 Å². The van der Waals surface area contributed by atoms with Crippen molar-refractivity contribution in [2.45, 2.75) is 32.4 Å². The molecule has 3 aromatic rings. The Morgan fingerprint density at radius 2 is 1.91 bits per heavy atom. The molecule has 7 heteroatoms. The van der Waals surface area contributed by atoms with E-state index in [0.717, 1.165) is 28.2 Å². The second kappa shape index (κ2) is 7.80. The van der Waals surface area contributed by atoms with Crippen LogP contribution in [0.3, 0.4) is 0 Å². The van der Waals surface area contributed by atoms with Gasteiger partial charge in [-0.1, -0.05) is 11.6 Å². The number of nitrogens with zero attached hydrogens (tertiary/aromatic N) is 1. The van der Waals surface area contributed by atoms with Crippen LogP contribution in [-0.4, -0.2) is 22.9 Å². The largest absolute Gasteiger partial charge is 0.507 e. The van der Waals surface area contributed by atoms with Crippen molar-refractivity contribution in [3.8, 4) is 5.75 Å². The van der Waals surface area contributed by atoms with Crippen molar-refractivity contribution in [1.29, 1.82) is 0 Å². The lowest BCUT2D eigenvalue weighted by atomic mass is 9.97. The maximum Gasteiger partial charge on any atom is 0.300 e. The Morgan fingerprint density at radius 1 is 1.16 bits per heavy atom. The lowest BCUT2D eigenvalue weighted by molar-refractivity contribution is -0.132. The van der Waals surface area contributed by atoms with Crippen LogP contribution in [0.25, 0.3) is 5.76 Å². The number of ketones is 1. The smallest absolute Gasteiger partial charge is 0.300 e. The first-order valence-electron chi connectivity index (χ1n) is 10.3. The standard InChI is InChI=1S/C25H20ClNO4S/c1-13-9-10-32-24(13)21-20(22(28)15-3-8-19-16(12-15)11-14(2)31-19)23(29)25(30)27(21)18-6-4-17(26)5-7-18/h3-10,12,14,21,28H,11H2,1-2H3/b22-20-. The summed E-state index contributed by atoms with van der Waals surface area (Å²) in [4.78, 5) is 28.7. The van der Waals surface area contributed by atoms with Crippen LogP contribution < -0.4 is 9.64 Å². The first-order valence-corrected chi connectivity index (χ1v) is 11.5. The van der Waals surface area contributed by atoms with Crippen molar-refractivity contribution in [2.75, 3.05) is 4.90 Å². The number of fused-ring (bicyclic) bond motifs is 1. The molecule has 0 aliphatic carbocycles. The van der Waals surface area contributed by atoms with Crippen LogP contribution in [-0.2, 0) is 16.0 Å². The number of hydrogen-bond acceptors (Lipinski definition) is 5. The van der Waals surface area contributed by atoms with Crippen LogP contribution in [0.4, 0.5) is 5.69 Å². The van der Waals surface area contributed by atoms with Crippen LogP contribution in [0.2, 0.25) is 5.02 Å². The number of ether oxygens (including phenoxy) is 1. The predicted octanol–water partition coefficient (Wildman–Crippen LogP) is 5.66. The molecule has 1 amide bonds. The summed E-state index contributed by atoms with van der Waals surface area (Å²) in [6.45, 7) is 3.92. The SMILES string of the molecule is Cc1ccsc1C1/C(=C(/O)c2ccc3c(c2)CC(C)O3)C(=O)C(=O)N1c1ccc(Cl)cc1. The molecule has 162 valence electrons. The molecule has 2 aliphatic rings. The fourth-order valence-electron chi connectivity index (χ4n) is 4.34. The third-order valence-corrected chi connectivity index (χ3v) is 7.19. The zero-order chi connectivity index (χ0) is 22.6. The molecule has 1 N–H and O–H groups in total. The van der Waals surface area contributed by atoms with Crippen molar-refractivity contribution in [3.63, 3.8) is 0 Å². The van der Waals surface area contributed by atoms with E-state index in [2.05, 4.69) is 0 Å². The molecule has 1 saturated heterocycles. The minimum Gasteiger partial charge on any atom is -0.507 e. The summed E-state index contributed by atoms with van der Waals surface area (Å²) in [5, 5.41) is 13.7. The summed E-state index contributed by atoms with van der Waals surface area (Å²) in [5.41, 5.74) is 3.04. The number of anilines is 1. The first kappa shape index (κ1) is 20.8. The molecule has 3 heterocycles. The summed E-state index contributed by atoms with van der Waals surface area (Å²) < 4.78 is 5.75. The van der Waals surface area contributed by atoms with Crippen molar-refractivity contribution in [2.24, 2.45) is 0 Å². The van der Waals surface area contributed by atoms with E-state index >= 15 is 0 Å². The minimum atomic E-state index is -0.723. The summed E-state index contributed by atoms with van der Waals surface area (Å²) in [6.07, 6.45) is 0.787. The number of carbonyl (C=O) groups excluding carboxylic acids is 2. The number of halogens is 1. The van der Waals surface area contributed by atoms with E-state index in [4.69, 9.17) is 16.3 Å². The molecule has 0 saturated carbocycles. The summed E-state index contributed by atoms with van der Waals surface area (Å²) in [6, 6.07) is 13.3. The minimum absolute atomic E-state index is 0.0617. The van der Waals surface area contributed by atoms with Gasteiger partial charge < -0.3 is 9.84 Å². The second-order valence-corrected chi connectivity index (χ2v) is 9.45. The molecular weight excluding hydrogens is 446 g/mol. The van der Waals surface area contributed by atoms with Gasteiger partial charge in [-0.25, -0.2) is 0 Å². The van der Waals surface area contributed by atoms with Gasteiger partial charge in [0.25, 0.3) is 11.7 Å². The van der Waals surface area contributed by atoms with Crippen molar-refractivity contribution in [1.82, 2.24) is 0 Å². The summed E-state index contributed by atoms with van der Waals surface area (Å²) >= 11 is 7.48. The lowest BCUT2D eigenvalue weighted by Gasteiger charge is -2.25. The number of benzene rings is 2. The number of aryl methyl sites for hydroxylation is 1. The van der Waals surface area contributed by atoms with E-state index in [1.165, 1.54) is 16.2 Å². The molecular formula is C25H20ClNO4S. The molecule has 1 fully saturated rings. The number of hydrogen-bond donors (Lipinski definition) is 1.